The highest BCUT2D eigenvalue weighted by Gasteiger charge is 1.80. The summed E-state index contributed by atoms with van der Waals surface area (Å²) in [4.78, 5) is 0. The fraction of sp³-hybridized carbons (Fsp3) is 0.333. The topological polar surface area (TPSA) is 0 Å². The molecule has 0 heterocycles. The predicted molar refractivity (Wildman–Crippen MR) is 27.0 cm³/mol. The number of allylic oxidation sites excluding steroid dienone is 2. The molecule has 0 aromatic heterocycles. The zero-order valence-corrected chi connectivity index (χ0v) is 4.15. The summed E-state index contributed by atoms with van der Waals surface area (Å²) in [6.45, 7) is 4.18. The molecular formula is C6H8-2. The Labute approximate surface area is 38.9 Å². The summed E-state index contributed by atoms with van der Waals surface area (Å²) in [7, 11) is 0. The second-order valence-corrected chi connectivity index (χ2v) is 1.57. The first-order valence-electron chi connectivity index (χ1n) is 2.19. The first-order chi connectivity index (χ1) is 2.84. The Hall–Kier alpha value is -0.520. The van der Waals surface area contributed by atoms with Crippen molar-refractivity contribution in [3.63, 3.8) is 0 Å². The highest BCUT2D eigenvalue weighted by Crippen LogP contribution is 2.29. The Bertz CT molecular complexity index is 88.2. The van der Waals surface area contributed by atoms with Crippen LogP contribution >= 0.6 is 0 Å². The molecule has 0 unspecified atom stereocenters. The third-order valence-corrected chi connectivity index (χ3v) is 1.06. The van der Waals surface area contributed by atoms with Crippen LogP contribution in [0.15, 0.2) is 11.1 Å². The SMILES string of the molecule is C[CH-]C1=C(C)[CH-]1. The molecular weight excluding hydrogens is 72.1 g/mol. The lowest BCUT2D eigenvalue weighted by atomic mass is 10.4. The summed E-state index contributed by atoms with van der Waals surface area (Å²) in [6, 6.07) is 0. The van der Waals surface area contributed by atoms with Crippen LogP contribution in [0.3, 0.4) is 0 Å². The first kappa shape index (κ1) is 3.66. The molecule has 0 bridgehead atoms. The Morgan fingerprint density at radius 1 is 1.67 bits per heavy atom. The minimum atomic E-state index is 1.43. The largest absolute Gasteiger partial charge is 0.397 e. The number of hydrogen-bond acceptors (Lipinski definition) is 0. The minimum Gasteiger partial charge on any atom is -0.397 e. The van der Waals surface area contributed by atoms with Crippen molar-refractivity contribution in [3.05, 3.63) is 24.0 Å². The van der Waals surface area contributed by atoms with E-state index >= 15 is 0 Å². The summed E-state index contributed by atoms with van der Waals surface area (Å²) in [5.74, 6) is 0. The Kier molecular flexibility index (Phi) is 0.592. The van der Waals surface area contributed by atoms with Crippen LogP contribution in [0.25, 0.3) is 0 Å². The smallest absolute Gasteiger partial charge is 0.137 e. The highest BCUT2D eigenvalue weighted by molar-refractivity contribution is 5.52. The van der Waals surface area contributed by atoms with Gasteiger partial charge in [0.2, 0.25) is 0 Å². The highest BCUT2D eigenvalue weighted by atomic mass is 14.2. The molecule has 1 rings (SSSR count). The van der Waals surface area contributed by atoms with Gasteiger partial charge in [-0.05, 0) is 0 Å². The van der Waals surface area contributed by atoms with Crippen molar-refractivity contribution in [1.82, 2.24) is 0 Å². The molecule has 0 aromatic rings. The summed E-state index contributed by atoms with van der Waals surface area (Å²) in [6.07, 6.45) is 4.29. The van der Waals surface area contributed by atoms with Gasteiger partial charge < -0.3 is 24.0 Å². The average Bonchev–Trinajstić information content (AvgIpc) is 2.19. The molecule has 0 N–H and O–H groups in total. The van der Waals surface area contributed by atoms with E-state index < -0.39 is 0 Å². The van der Waals surface area contributed by atoms with E-state index in [1.807, 2.05) is 0 Å². The molecule has 0 amide bonds. The fourth-order valence-corrected chi connectivity index (χ4v) is 0.508. The maximum Gasteiger partial charge on any atom is -0.137 e. The maximum atomic E-state index is 2.17. The summed E-state index contributed by atoms with van der Waals surface area (Å²) < 4.78 is 0. The van der Waals surface area contributed by atoms with Gasteiger partial charge in [-0.3, -0.25) is 0 Å². The van der Waals surface area contributed by atoms with Gasteiger partial charge in [0, 0.05) is 0 Å². The van der Waals surface area contributed by atoms with Gasteiger partial charge in [-0.25, -0.2) is 0 Å². The van der Waals surface area contributed by atoms with Crippen molar-refractivity contribution in [3.8, 4) is 0 Å². The lowest BCUT2D eigenvalue weighted by molar-refractivity contribution is 1.51. The molecule has 0 heteroatoms. The van der Waals surface area contributed by atoms with E-state index in [9.17, 15) is 0 Å². The summed E-state index contributed by atoms with van der Waals surface area (Å²) >= 11 is 0. The summed E-state index contributed by atoms with van der Waals surface area (Å²) in [5.41, 5.74) is 2.87. The molecule has 0 fully saturated rings. The van der Waals surface area contributed by atoms with Crippen LogP contribution < -0.4 is 0 Å². The molecule has 0 aliphatic heterocycles. The Balaban J connectivity index is 2.38. The van der Waals surface area contributed by atoms with E-state index in [4.69, 9.17) is 0 Å². The zero-order valence-electron chi connectivity index (χ0n) is 4.15. The van der Waals surface area contributed by atoms with Gasteiger partial charge in [0.05, 0.1) is 0 Å². The number of hydrogen-bond donors (Lipinski definition) is 0. The molecule has 0 aromatic carbocycles. The predicted octanol–water partition coefficient (Wildman–Crippen LogP) is 1.74. The monoisotopic (exact) mass is 80.1 g/mol. The van der Waals surface area contributed by atoms with Crippen molar-refractivity contribution >= 4 is 0 Å². The molecule has 0 saturated heterocycles. The van der Waals surface area contributed by atoms with Crippen molar-refractivity contribution in [2.45, 2.75) is 13.8 Å². The number of rotatable bonds is 1. The van der Waals surface area contributed by atoms with E-state index in [1.165, 1.54) is 11.1 Å². The van der Waals surface area contributed by atoms with E-state index in [-0.39, 0.29) is 0 Å². The van der Waals surface area contributed by atoms with Crippen molar-refractivity contribution in [2.75, 3.05) is 0 Å². The van der Waals surface area contributed by atoms with Gasteiger partial charge >= 0.3 is 0 Å². The summed E-state index contributed by atoms with van der Waals surface area (Å²) in [5, 5.41) is 0. The molecule has 0 radical (unpaired) electrons. The Morgan fingerprint density at radius 3 is 2.17 bits per heavy atom. The third kappa shape index (κ3) is 0.383. The van der Waals surface area contributed by atoms with Gasteiger partial charge in [0.15, 0.2) is 0 Å². The fourth-order valence-electron chi connectivity index (χ4n) is 0.508. The van der Waals surface area contributed by atoms with Crippen molar-refractivity contribution in [1.29, 1.82) is 0 Å². The van der Waals surface area contributed by atoms with Crippen molar-refractivity contribution in [2.24, 2.45) is 0 Å². The molecule has 1 aliphatic rings. The van der Waals surface area contributed by atoms with E-state index in [1.54, 1.807) is 0 Å². The average molecular weight is 80.1 g/mol. The Morgan fingerprint density at radius 2 is 2.17 bits per heavy atom. The quantitative estimate of drug-likeness (QED) is 0.421. The van der Waals surface area contributed by atoms with Crippen LogP contribution in [0.4, 0.5) is 0 Å². The molecule has 0 atom stereocenters. The van der Waals surface area contributed by atoms with Gasteiger partial charge in [0.1, 0.15) is 0 Å². The van der Waals surface area contributed by atoms with Gasteiger partial charge in [-0.1, -0.05) is 0 Å². The van der Waals surface area contributed by atoms with E-state index in [2.05, 4.69) is 26.7 Å². The second kappa shape index (κ2) is 0.970. The van der Waals surface area contributed by atoms with Crippen LogP contribution in [0.5, 0.6) is 0 Å². The normalized spacial score (nSPS) is 17.0. The van der Waals surface area contributed by atoms with Crippen LogP contribution in [0.2, 0.25) is 0 Å². The third-order valence-electron chi connectivity index (χ3n) is 1.06. The van der Waals surface area contributed by atoms with E-state index in [0.29, 0.717) is 0 Å². The van der Waals surface area contributed by atoms with Crippen LogP contribution in [0, 0.1) is 12.8 Å². The standard InChI is InChI=1S/C6H8/c1-3-6-4-5(6)2/h3-4H,1-2H3/q-2. The van der Waals surface area contributed by atoms with Crippen molar-refractivity contribution < 1.29 is 0 Å². The van der Waals surface area contributed by atoms with Gasteiger partial charge in [0.25, 0.3) is 0 Å². The van der Waals surface area contributed by atoms with Crippen LogP contribution in [-0.4, -0.2) is 0 Å². The lowest BCUT2D eigenvalue weighted by Crippen LogP contribution is -1.51. The molecule has 0 nitrogen and oxygen atoms in total. The van der Waals surface area contributed by atoms with Gasteiger partial charge in [-0.15, -0.1) is 6.92 Å². The zero-order chi connectivity index (χ0) is 4.57. The molecule has 34 valence electrons. The molecule has 1 aliphatic carbocycles. The van der Waals surface area contributed by atoms with Gasteiger partial charge in [-0.2, -0.15) is 6.92 Å². The van der Waals surface area contributed by atoms with Crippen LogP contribution in [-0.2, 0) is 0 Å². The first-order valence-corrected chi connectivity index (χ1v) is 2.19. The van der Waals surface area contributed by atoms with Crippen LogP contribution in [0.1, 0.15) is 13.8 Å². The second-order valence-electron chi connectivity index (χ2n) is 1.57. The van der Waals surface area contributed by atoms with E-state index in [0.717, 1.165) is 0 Å². The molecule has 0 saturated carbocycles. The maximum absolute atomic E-state index is 2.17. The lowest BCUT2D eigenvalue weighted by Gasteiger charge is -1.96. The molecule has 0 spiro atoms. The minimum absolute atomic E-state index is 1.43. The molecule has 6 heavy (non-hydrogen) atoms.